The molecule has 1 heteroatoms. The summed E-state index contributed by atoms with van der Waals surface area (Å²) in [6, 6.07) is 90.0. The van der Waals surface area contributed by atoms with Crippen molar-refractivity contribution >= 4 is 11.4 Å². The lowest BCUT2D eigenvalue weighted by Gasteiger charge is -2.34. The molecule has 1 N–H and O–H groups in total. The smallest absolute Gasteiger partial charge is 0.0725 e. The lowest BCUT2D eigenvalue weighted by molar-refractivity contribution is 0.769. The molecule has 1 spiro atoms. The van der Waals surface area contributed by atoms with E-state index in [9.17, 15) is 0 Å². The first-order valence-corrected chi connectivity index (χ1v) is 22.0. The summed E-state index contributed by atoms with van der Waals surface area (Å²) in [5, 5.41) is 3.98. The molecule has 3 aliphatic carbocycles. The quantitative estimate of drug-likeness (QED) is 0.177. The molecule has 0 atom stereocenters. The van der Waals surface area contributed by atoms with Gasteiger partial charge in [-0.05, 0) is 113 Å². The van der Waals surface area contributed by atoms with Crippen molar-refractivity contribution in [3.05, 3.63) is 287 Å². The number of fused-ring (bicyclic) bond motifs is 13. The molecule has 0 aliphatic heterocycles. The Hall–Kier alpha value is -8.00. The maximum absolute atomic E-state index is 3.98. The van der Waals surface area contributed by atoms with Crippen molar-refractivity contribution in [1.29, 1.82) is 0 Å². The van der Waals surface area contributed by atoms with Crippen LogP contribution in [0, 0.1) is 0 Å². The molecule has 0 saturated carbocycles. The Bertz CT molecular complexity index is 3350. The highest BCUT2D eigenvalue weighted by Crippen LogP contribution is 2.64. The van der Waals surface area contributed by atoms with Crippen LogP contribution in [0.1, 0.15) is 44.5 Å². The fourth-order valence-electron chi connectivity index (χ4n) is 11.8. The number of benzene rings is 10. The van der Waals surface area contributed by atoms with E-state index in [4.69, 9.17) is 0 Å². The molecule has 0 radical (unpaired) electrons. The van der Waals surface area contributed by atoms with E-state index in [-0.39, 0.29) is 0 Å². The van der Waals surface area contributed by atoms with Crippen LogP contribution >= 0.6 is 0 Å². The first-order chi connectivity index (χ1) is 31.3. The van der Waals surface area contributed by atoms with Gasteiger partial charge in [0.1, 0.15) is 0 Å². The zero-order valence-corrected chi connectivity index (χ0v) is 34.6. The first-order valence-electron chi connectivity index (χ1n) is 22.0. The van der Waals surface area contributed by atoms with E-state index in [0.29, 0.717) is 0 Å². The Balaban J connectivity index is 0.973. The number of rotatable bonds is 6. The zero-order chi connectivity index (χ0) is 41.5. The molecule has 10 aromatic carbocycles. The van der Waals surface area contributed by atoms with E-state index >= 15 is 0 Å². The monoisotopic (exact) mass is 799 g/mol. The minimum Gasteiger partial charge on any atom is -0.355 e. The van der Waals surface area contributed by atoms with Gasteiger partial charge in [0.15, 0.2) is 0 Å². The van der Waals surface area contributed by atoms with Gasteiger partial charge in [-0.25, -0.2) is 0 Å². The second-order valence-corrected chi connectivity index (χ2v) is 17.1. The highest BCUT2D eigenvalue weighted by atomic mass is 14.9. The molecule has 0 unspecified atom stereocenters. The number of hydrogen-bond acceptors (Lipinski definition) is 1. The van der Waals surface area contributed by atoms with Crippen molar-refractivity contribution in [2.24, 2.45) is 0 Å². The third-order valence-electron chi connectivity index (χ3n) is 14.2. The SMILES string of the molecule is c1ccc(C2(c3ccccc3)c3ccccc3-c3ccc(Nc4ccccc4-c4ccccc4-c4cccc5c4-c4ccccc4C54c5ccccc5-c5ccccc54)cc32)cc1. The molecule has 13 rings (SSSR count). The summed E-state index contributed by atoms with van der Waals surface area (Å²) in [7, 11) is 0. The summed E-state index contributed by atoms with van der Waals surface area (Å²) in [5.74, 6) is 0. The van der Waals surface area contributed by atoms with Crippen molar-refractivity contribution in [2.45, 2.75) is 10.8 Å². The number of hydrogen-bond donors (Lipinski definition) is 1. The van der Waals surface area contributed by atoms with Gasteiger partial charge in [0.2, 0.25) is 0 Å². The molecule has 0 saturated heterocycles. The standard InChI is InChI=1S/C62H41N/c1-3-20-41(21-4-1)61(42-22-5-2-6-23-42)53-32-14-9-28-48(53)49-39-38-43(40-58(49)61)63-59-37-18-13-29-50(59)44-24-7-8-25-45(44)51-31-19-36-57-60(51)52-30-12-17-35-56(52)62(57)54-33-15-10-26-46(54)47-27-11-16-34-55(47)62/h1-40,63H. The average molecular weight is 800 g/mol. The highest BCUT2D eigenvalue weighted by molar-refractivity contribution is 6.03. The van der Waals surface area contributed by atoms with Crippen molar-refractivity contribution in [1.82, 2.24) is 0 Å². The molecule has 10 aromatic rings. The normalized spacial score (nSPS) is 14.0. The molecule has 3 aliphatic rings. The lowest BCUT2D eigenvalue weighted by atomic mass is 9.67. The molecule has 63 heavy (non-hydrogen) atoms. The summed E-state index contributed by atoms with van der Waals surface area (Å²) >= 11 is 0. The first kappa shape index (κ1) is 35.7. The van der Waals surface area contributed by atoms with E-state index in [1.54, 1.807) is 0 Å². The van der Waals surface area contributed by atoms with Crippen LogP contribution in [0.4, 0.5) is 11.4 Å². The van der Waals surface area contributed by atoms with Gasteiger partial charge in [-0.15, -0.1) is 0 Å². The molecule has 0 amide bonds. The molecule has 0 fully saturated rings. The third kappa shape index (κ3) is 4.88. The minimum atomic E-state index is -0.472. The van der Waals surface area contributed by atoms with Gasteiger partial charge in [0.05, 0.1) is 10.8 Å². The van der Waals surface area contributed by atoms with Crippen LogP contribution in [0.2, 0.25) is 0 Å². The van der Waals surface area contributed by atoms with Crippen LogP contribution in [0.5, 0.6) is 0 Å². The summed E-state index contributed by atoms with van der Waals surface area (Å²) in [5.41, 5.74) is 24.4. The number of nitrogens with one attached hydrogen (secondary N) is 1. The maximum Gasteiger partial charge on any atom is 0.0725 e. The molecular formula is C62H41N. The largest absolute Gasteiger partial charge is 0.355 e. The zero-order valence-electron chi connectivity index (χ0n) is 34.6. The second kappa shape index (κ2) is 13.8. The van der Waals surface area contributed by atoms with E-state index in [2.05, 4.69) is 248 Å². The van der Waals surface area contributed by atoms with Gasteiger partial charge < -0.3 is 5.32 Å². The van der Waals surface area contributed by atoms with Crippen LogP contribution in [-0.4, -0.2) is 0 Å². The Kier molecular flexibility index (Phi) is 7.80. The van der Waals surface area contributed by atoms with Gasteiger partial charge >= 0.3 is 0 Å². The predicted molar refractivity (Wildman–Crippen MR) is 261 cm³/mol. The van der Waals surface area contributed by atoms with E-state index in [1.165, 1.54) is 94.6 Å². The lowest BCUT2D eigenvalue weighted by Crippen LogP contribution is -2.28. The van der Waals surface area contributed by atoms with E-state index in [0.717, 1.165) is 16.9 Å². The summed E-state index contributed by atoms with van der Waals surface area (Å²) in [6.45, 7) is 0. The van der Waals surface area contributed by atoms with Crippen LogP contribution in [0.25, 0.3) is 55.6 Å². The second-order valence-electron chi connectivity index (χ2n) is 17.1. The van der Waals surface area contributed by atoms with Crippen LogP contribution < -0.4 is 5.32 Å². The highest BCUT2D eigenvalue weighted by Gasteiger charge is 2.52. The summed E-state index contributed by atoms with van der Waals surface area (Å²) < 4.78 is 0. The topological polar surface area (TPSA) is 12.0 Å². The Morgan fingerprint density at radius 1 is 0.238 bits per heavy atom. The Morgan fingerprint density at radius 3 is 1.22 bits per heavy atom. The van der Waals surface area contributed by atoms with Gasteiger partial charge in [0, 0.05) is 16.9 Å². The number of anilines is 2. The van der Waals surface area contributed by atoms with Gasteiger partial charge in [-0.3, -0.25) is 0 Å². The summed E-state index contributed by atoms with van der Waals surface area (Å²) in [4.78, 5) is 0. The molecule has 1 nitrogen and oxygen atoms in total. The minimum absolute atomic E-state index is 0.397. The fourth-order valence-corrected chi connectivity index (χ4v) is 11.8. The Labute approximate surface area is 368 Å². The van der Waals surface area contributed by atoms with Crippen LogP contribution in [0.15, 0.2) is 243 Å². The van der Waals surface area contributed by atoms with Gasteiger partial charge in [-0.1, -0.05) is 224 Å². The van der Waals surface area contributed by atoms with Crippen molar-refractivity contribution in [3.63, 3.8) is 0 Å². The molecule has 0 heterocycles. The molecule has 0 bridgehead atoms. The fraction of sp³-hybridized carbons (Fsp3) is 0.0323. The third-order valence-corrected chi connectivity index (χ3v) is 14.2. The van der Waals surface area contributed by atoms with E-state index in [1.807, 2.05) is 0 Å². The van der Waals surface area contributed by atoms with Crippen LogP contribution in [-0.2, 0) is 10.8 Å². The molecular weight excluding hydrogens is 759 g/mol. The average Bonchev–Trinajstić information content (AvgIpc) is 3.95. The molecule has 294 valence electrons. The number of para-hydroxylation sites is 1. The summed E-state index contributed by atoms with van der Waals surface area (Å²) in [6.07, 6.45) is 0. The molecule has 0 aromatic heterocycles. The van der Waals surface area contributed by atoms with Crippen molar-refractivity contribution in [3.8, 4) is 55.6 Å². The van der Waals surface area contributed by atoms with E-state index < -0.39 is 10.8 Å². The van der Waals surface area contributed by atoms with Gasteiger partial charge in [0.25, 0.3) is 0 Å². The van der Waals surface area contributed by atoms with Crippen molar-refractivity contribution < 1.29 is 0 Å². The van der Waals surface area contributed by atoms with Crippen molar-refractivity contribution in [2.75, 3.05) is 5.32 Å². The predicted octanol–water partition coefficient (Wildman–Crippen LogP) is 15.5. The van der Waals surface area contributed by atoms with Crippen LogP contribution in [0.3, 0.4) is 0 Å². The Morgan fingerprint density at radius 2 is 0.635 bits per heavy atom. The van der Waals surface area contributed by atoms with Gasteiger partial charge in [-0.2, -0.15) is 0 Å². The maximum atomic E-state index is 3.98.